The van der Waals surface area contributed by atoms with E-state index in [-0.39, 0.29) is 5.82 Å². The molecule has 108 valence electrons. The summed E-state index contributed by atoms with van der Waals surface area (Å²) in [6.07, 6.45) is 1.99. The normalized spacial score (nSPS) is 12.6. The summed E-state index contributed by atoms with van der Waals surface area (Å²) >= 11 is 2.13. The van der Waals surface area contributed by atoms with Crippen LogP contribution in [0.4, 0.5) is 4.39 Å². The average molecular weight is 387 g/mol. The first-order chi connectivity index (χ1) is 9.60. The van der Waals surface area contributed by atoms with Gasteiger partial charge in [-0.2, -0.15) is 0 Å². The minimum Gasteiger partial charge on any atom is -0.461 e. The average Bonchev–Trinajstić information content (AvgIpc) is 2.84. The van der Waals surface area contributed by atoms with Crippen LogP contribution in [0.5, 0.6) is 0 Å². The van der Waals surface area contributed by atoms with Crippen molar-refractivity contribution in [2.24, 2.45) is 0 Å². The van der Waals surface area contributed by atoms with Crippen molar-refractivity contribution in [1.29, 1.82) is 0 Å². The Morgan fingerprint density at radius 1 is 1.30 bits per heavy atom. The Labute approximate surface area is 132 Å². The topological polar surface area (TPSA) is 25.2 Å². The van der Waals surface area contributed by atoms with E-state index in [9.17, 15) is 4.39 Å². The van der Waals surface area contributed by atoms with Gasteiger partial charge in [0.25, 0.3) is 0 Å². The molecule has 1 atom stereocenters. The molecule has 0 aliphatic rings. The maximum atomic E-state index is 13.1. The lowest BCUT2D eigenvalue weighted by molar-refractivity contribution is 0.464. The van der Waals surface area contributed by atoms with Gasteiger partial charge < -0.3 is 9.73 Å². The smallest absolute Gasteiger partial charge is 0.135 e. The van der Waals surface area contributed by atoms with E-state index in [1.165, 1.54) is 12.1 Å². The fourth-order valence-electron chi connectivity index (χ4n) is 2.09. The zero-order valence-electron chi connectivity index (χ0n) is 11.7. The van der Waals surface area contributed by atoms with Gasteiger partial charge in [-0.3, -0.25) is 0 Å². The quantitative estimate of drug-likeness (QED) is 0.732. The van der Waals surface area contributed by atoms with Gasteiger partial charge in [-0.1, -0.05) is 6.92 Å². The largest absolute Gasteiger partial charge is 0.461 e. The second kappa shape index (κ2) is 7.22. The van der Waals surface area contributed by atoms with Crippen molar-refractivity contribution >= 4 is 22.6 Å². The van der Waals surface area contributed by atoms with Crippen LogP contribution in [-0.2, 0) is 6.42 Å². The van der Waals surface area contributed by atoms with E-state index in [0.717, 1.165) is 40.0 Å². The summed E-state index contributed by atoms with van der Waals surface area (Å²) < 4.78 is 19.9. The highest BCUT2D eigenvalue weighted by Gasteiger charge is 2.11. The maximum Gasteiger partial charge on any atom is 0.135 e. The third kappa shape index (κ3) is 4.06. The third-order valence-corrected chi connectivity index (χ3v) is 4.00. The predicted molar refractivity (Wildman–Crippen MR) is 88.3 cm³/mol. The molecule has 0 aliphatic heterocycles. The molecule has 1 heterocycles. The van der Waals surface area contributed by atoms with Crippen LogP contribution in [0.25, 0.3) is 11.3 Å². The molecule has 1 unspecified atom stereocenters. The summed E-state index contributed by atoms with van der Waals surface area (Å²) in [7, 11) is 0. The summed E-state index contributed by atoms with van der Waals surface area (Å²) in [5.74, 6) is 1.53. The Kier molecular flexibility index (Phi) is 5.60. The Bertz CT molecular complexity index is 567. The van der Waals surface area contributed by atoms with Gasteiger partial charge in [0.05, 0.1) is 0 Å². The third-order valence-electron chi connectivity index (χ3n) is 3.11. The van der Waals surface area contributed by atoms with Crippen LogP contribution >= 0.6 is 22.6 Å². The van der Waals surface area contributed by atoms with Gasteiger partial charge >= 0.3 is 0 Å². The van der Waals surface area contributed by atoms with E-state index in [0.29, 0.717) is 6.04 Å². The highest BCUT2D eigenvalue weighted by atomic mass is 127. The fraction of sp³-hybridized carbons (Fsp3) is 0.375. The van der Waals surface area contributed by atoms with Crippen LogP contribution in [0.1, 0.15) is 26.0 Å². The van der Waals surface area contributed by atoms with Crippen molar-refractivity contribution in [1.82, 2.24) is 5.32 Å². The van der Waals surface area contributed by atoms with Gasteiger partial charge in [0.15, 0.2) is 0 Å². The van der Waals surface area contributed by atoms with Crippen LogP contribution in [0, 0.1) is 9.39 Å². The Morgan fingerprint density at radius 2 is 2.10 bits per heavy atom. The van der Waals surface area contributed by atoms with E-state index >= 15 is 0 Å². The summed E-state index contributed by atoms with van der Waals surface area (Å²) in [5.41, 5.74) is 0.937. The molecule has 0 fully saturated rings. The lowest BCUT2D eigenvalue weighted by Crippen LogP contribution is -2.28. The molecule has 0 aliphatic carbocycles. The van der Waals surface area contributed by atoms with Crippen LogP contribution in [0.15, 0.2) is 34.7 Å². The second-order valence-corrected chi connectivity index (χ2v) is 6.11. The summed E-state index contributed by atoms with van der Waals surface area (Å²) in [4.78, 5) is 0. The van der Waals surface area contributed by atoms with Crippen molar-refractivity contribution < 1.29 is 8.81 Å². The zero-order chi connectivity index (χ0) is 14.5. The molecular weight excluding hydrogens is 368 g/mol. The molecule has 0 bridgehead atoms. The molecule has 2 nitrogen and oxygen atoms in total. The predicted octanol–water partition coefficient (Wildman–Crippen LogP) is 4.62. The van der Waals surface area contributed by atoms with Crippen LogP contribution in [0.3, 0.4) is 0 Å². The maximum absolute atomic E-state index is 13.1. The van der Waals surface area contributed by atoms with Crippen LogP contribution in [0.2, 0.25) is 0 Å². The summed E-state index contributed by atoms with van der Waals surface area (Å²) in [6.45, 7) is 5.32. The molecule has 20 heavy (non-hydrogen) atoms. The minimum atomic E-state index is -0.220. The summed E-state index contributed by atoms with van der Waals surface area (Å²) in [6, 6.07) is 9.09. The van der Waals surface area contributed by atoms with Crippen molar-refractivity contribution in [3.8, 4) is 11.3 Å². The number of furan rings is 1. The van der Waals surface area contributed by atoms with E-state index < -0.39 is 0 Å². The number of halogens is 2. The van der Waals surface area contributed by atoms with Crippen molar-refractivity contribution in [3.05, 3.63) is 45.5 Å². The number of hydrogen-bond donors (Lipinski definition) is 1. The molecule has 0 saturated heterocycles. The van der Waals surface area contributed by atoms with Crippen LogP contribution < -0.4 is 5.32 Å². The van der Waals surface area contributed by atoms with Gasteiger partial charge in [-0.15, -0.1) is 0 Å². The standard InChI is InChI=1S/C16H19FINO/c1-3-8-19-11(2)9-13-5-7-16(20-13)14-6-4-12(17)10-15(14)18/h4-7,10-11,19H,3,8-9H2,1-2H3. The van der Waals surface area contributed by atoms with Gasteiger partial charge in [0.1, 0.15) is 17.3 Å². The number of benzene rings is 1. The second-order valence-electron chi connectivity index (χ2n) is 4.95. The number of rotatable bonds is 6. The first kappa shape index (κ1) is 15.5. The lowest BCUT2D eigenvalue weighted by atomic mass is 10.1. The SMILES string of the molecule is CCCNC(C)Cc1ccc(-c2ccc(F)cc2I)o1. The summed E-state index contributed by atoms with van der Waals surface area (Å²) in [5, 5.41) is 3.44. The highest BCUT2D eigenvalue weighted by molar-refractivity contribution is 14.1. The van der Waals surface area contributed by atoms with Crippen molar-refractivity contribution in [2.75, 3.05) is 6.54 Å². The molecule has 2 rings (SSSR count). The van der Waals surface area contributed by atoms with Gasteiger partial charge in [-0.25, -0.2) is 4.39 Å². The monoisotopic (exact) mass is 387 g/mol. The van der Waals surface area contributed by atoms with Crippen LogP contribution in [-0.4, -0.2) is 12.6 Å². The molecule has 0 radical (unpaired) electrons. The minimum absolute atomic E-state index is 0.220. The van der Waals surface area contributed by atoms with Gasteiger partial charge in [0, 0.05) is 21.6 Å². The van der Waals surface area contributed by atoms with Gasteiger partial charge in [-0.05, 0) is 72.8 Å². The van der Waals surface area contributed by atoms with E-state index in [1.807, 2.05) is 12.1 Å². The Hall–Kier alpha value is -0.880. The number of nitrogens with one attached hydrogen (secondary N) is 1. The molecule has 0 amide bonds. The molecule has 1 aromatic carbocycles. The first-order valence-corrected chi connectivity index (χ1v) is 7.95. The number of hydrogen-bond acceptors (Lipinski definition) is 2. The molecule has 0 saturated carbocycles. The van der Waals surface area contributed by atoms with Gasteiger partial charge in [0.2, 0.25) is 0 Å². The van der Waals surface area contributed by atoms with Crippen molar-refractivity contribution in [2.45, 2.75) is 32.7 Å². The highest BCUT2D eigenvalue weighted by Crippen LogP contribution is 2.28. The molecular formula is C16H19FINO. The molecule has 1 aromatic heterocycles. The fourth-order valence-corrected chi connectivity index (χ4v) is 2.83. The molecule has 2 aromatic rings. The first-order valence-electron chi connectivity index (χ1n) is 6.87. The van der Waals surface area contributed by atoms with E-state index in [4.69, 9.17) is 4.42 Å². The lowest BCUT2D eigenvalue weighted by Gasteiger charge is -2.11. The molecule has 1 N–H and O–H groups in total. The molecule has 0 spiro atoms. The Balaban J connectivity index is 2.08. The zero-order valence-corrected chi connectivity index (χ0v) is 13.9. The Morgan fingerprint density at radius 3 is 2.80 bits per heavy atom. The van der Waals surface area contributed by atoms with Crippen molar-refractivity contribution in [3.63, 3.8) is 0 Å². The molecule has 4 heteroatoms. The van der Waals surface area contributed by atoms with E-state index in [1.54, 1.807) is 6.07 Å². The van der Waals surface area contributed by atoms with E-state index in [2.05, 4.69) is 41.8 Å².